The maximum absolute atomic E-state index is 5.64. The molecule has 0 bridgehead atoms. The van der Waals surface area contributed by atoms with E-state index in [4.69, 9.17) is 10.5 Å². The lowest BCUT2D eigenvalue weighted by Crippen LogP contribution is -1.87. The number of nitrogens with two attached hydrogens (primary N) is 1. The van der Waals surface area contributed by atoms with Crippen LogP contribution in [0.15, 0.2) is 42.7 Å². The Kier molecular flexibility index (Phi) is 2.41. The first-order chi connectivity index (χ1) is 8.78. The zero-order valence-electron chi connectivity index (χ0n) is 9.97. The highest BCUT2D eigenvalue weighted by atomic mass is 16.5. The van der Waals surface area contributed by atoms with E-state index in [0.717, 1.165) is 27.9 Å². The number of pyridine rings is 1. The molecule has 2 aromatic heterocycles. The first-order valence-corrected chi connectivity index (χ1v) is 5.65. The van der Waals surface area contributed by atoms with Gasteiger partial charge in [-0.15, -0.1) is 0 Å². The Hall–Kier alpha value is -2.49. The number of aromatic nitrogens is 2. The van der Waals surface area contributed by atoms with E-state index in [-0.39, 0.29) is 0 Å². The number of H-pyrrole nitrogens is 1. The Morgan fingerprint density at radius 1 is 1.22 bits per heavy atom. The summed E-state index contributed by atoms with van der Waals surface area (Å²) in [5, 5.41) is 1.12. The predicted molar refractivity (Wildman–Crippen MR) is 72.5 cm³/mol. The Labute approximate surface area is 104 Å². The Morgan fingerprint density at radius 3 is 2.83 bits per heavy atom. The van der Waals surface area contributed by atoms with Gasteiger partial charge in [0.25, 0.3) is 0 Å². The summed E-state index contributed by atoms with van der Waals surface area (Å²) >= 11 is 0. The van der Waals surface area contributed by atoms with Crippen LogP contribution in [0.1, 0.15) is 0 Å². The number of nitrogen functional groups attached to an aromatic ring is 1. The summed E-state index contributed by atoms with van der Waals surface area (Å²) in [6, 6.07) is 9.71. The lowest BCUT2D eigenvalue weighted by molar-refractivity contribution is 0.415. The number of nitrogens with one attached hydrogen (secondary N) is 1. The van der Waals surface area contributed by atoms with Crippen LogP contribution in [0.5, 0.6) is 5.75 Å². The molecule has 3 rings (SSSR count). The number of nitrogens with zero attached hydrogens (tertiary/aromatic N) is 1. The average molecular weight is 239 g/mol. The van der Waals surface area contributed by atoms with Crippen LogP contribution < -0.4 is 10.5 Å². The third kappa shape index (κ3) is 1.68. The molecule has 0 amide bonds. The summed E-state index contributed by atoms with van der Waals surface area (Å²) in [5.41, 5.74) is 9.31. The summed E-state index contributed by atoms with van der Waals surface area (Å²) < 4.78 is 5.20. The topological polar surface area (TPSA) is 63.9 Å². The molecule has 90 valence electrons. The summed E-state index contributed by atoms with van der Waals surface area (Å²) in [6.07, 6.45) is 3.61. The van der Waals surface area contributed by atoms with Gasteiger partial charge in [0.05, 0.1) is 24.7 Å². The lowest BCUT2D eigenvalue weighted by atomic mass is 10.1. The summed E-state index contributed by atoms with van der Waals surface area (Å²) in [5.74, 6) is 0.834. The molecule has 0 aliphatic heterocycles. The van der Waals surface area contributed by atoms with Gasteiger partial charge in [0.15, 0.2) is 0 Å². The first kappa shape index (κ1) is 10.7. The zero-order valence-corrected chi connectivity index (χ0v) is 9.97. The predicted octanol–water partition coefficient (Wildman–Crippen LogP) is 2.82. The Morgan fingerprint density at radius 2 is 2.11 bits per heavy atom. The number of hydrogen-bond donors (Lipinski definition) is 2. The lowest BCUT2D eigenvalue weighted by Gasteiger charge is -2.01. The van der Waals surface area contributed by atoms with Crippen LogP contribution in [0.25, 0.3) is 22.2 Å². The summed E-state index contributed by atoms with van der Waals surface area (Å²) in [7, 11) is 1.66. The van der Waals surface area contributed by atoms with Crippen LogP contribution in [-0.2, 0) is 0 Å². The highest BCUT2D eigenvalue weighted by Crippen LogP contribution is 2.29. The largest absolute Gasteiger partial charge is 0.497 e. The highest BCUT2D eigenvalue weighted by Gasteiger charge is 2.07. The van der Waals surface area contributed by atoms with E-state index in [9.17, 15) is 0 Å². The van der Waals surface area contributed by atoms with Gasteiger partial charge in [-0.25, -0.2) is 0 Å². The van der Waals surface area contributed by atoms with E-state index < -0.39 is 0 Å². The summed E-state index contributed by atoms with van der Waals surface area (Å²) in [6.45, 7) is 0. The standard InChI is InChI=1S/C14H13N3O/c1-18-10-3-4-11-12(8-17-14(11)6-10)13-5-2-9(15)7-16-13/h2-8,17H,15H2,1H3. The van der Waals surface area contributed by atoms with Gasteiger partial charge < -0.3 is 15.5 Å². The first-order valence-electron chi connectivity index (χ1n) is 5.65. The SMILES string of the molecule is COc1ccc2c(-c3ccc(N)cn3)c[nH]c2c1. The van der Waals surface area contributed by atoms with E-state index in [0.29, 0.717) is 5.69 Å². The molecule has 0 unspecified atom stereocenters. The molecule has 0 saturated heterocycles. The van der Waals surface area contributed by atoms with Crippen LogP contribution in [0, 0.1) is 0 Å². The molecule has 0 saturated carbocycles. The second-order valence-corrected chi connectivity index (χ2v) is 4.09. The van der Waals surface area contributed by atoms with Crippen LogP contribution in [0.3, 0.4) is 0 Å². The summed E-state index contributed by atoms with van der Waals surface area (Å²) in [4.78, 5) is 7.56. The molecule has 0 aliphatic carbocycles. The molecule has 2 heterocycles. The second kappa shape index (κ2) is 4.07. The molecule has 0 aliphatic rings. The normalized spacial score (nSPS) is 10.7. The molecule has 4 heteroatoms. The molecule has 0 atom stereocenters. The minimum absolute atomic E-state index is 0.667. The van der Waals surface area contributed by atoms with Gasteiger partial charge in [-0.3, -0.25) is 4.98 Å². The molecule has 3 N–H and O–H groups in total. The number of methoxy groups -OCH3 is 1. The van der Waals surface area contributed by atoms with Crippen LogP contribution >= 0.6 is 0 Å². The zero-order chi connectivity index (χ0) is 12.5. The molecular formula is C14H13N3O. The van der Waals surface area contributed by atoms with Crippen molar-refractivity contribution in [3.63, 3.8) is 0 Å². The minimum atomic E-state index is 0.667. The fourth-order valence-corrected chi connectivity index (χ4v) is 2.01. The Balaban J connectivity index is 2.15. The van der Waals surface area contributed by atoms with Gasteiger partial charge >= 0.3 is 0 Å². The van der Waals surface area contributed by atoms with Crippen LogP contribution in [0.2, 0.25) is 0 Å². The number of benzene rings is 1. The maximum Gasteiger partial charge on any atom is 0.120 e. The van der Waals surface area contributed by atoms with Gasteiger partial charge in [0.2, 0.25) is 0 Å². The monoisotopic (exact) mass is 239 g/mol. The van der Waals surface area contributed by atoms with Gasteiger partial charge in [0.1, 0.15) is 5.75 Å². The number of anilines is 1. The fraction of sp³-hybridized carbons (Fsp3) is 0.0714. The Bertz CT molecular complexity index is 686. The molecule has 18 heavy (non-hydrogen) atoms. The smallest absolute Gasteiger partial charge is 0.120 e. The number of rotatable bonds is 2. The number of fused-ring (bicyclic) bond motifs is 1. The third-order valence-electron chi connectivity index (χ3n) is 2.95. The molecule has 0 fully saturated rings. The van der Waals surface area contributed by atoms with E-state index in [1.807, 2.05) is 36.5 Å². The van der Waals surface area contributed by atoms with Crippen molar-refractivity contribution in [2.75, 3.05) is 12.8 Å². The number of aromatic amines is 1. The minimum Gasteiger partial charge on any atom is -0.497 e. The third-order valence-corrected chi connectivity index (χ3v) is 2.95. The molecule has 4 nitrogen and oxygen atoms in total. The van der Waals surface area contributed by atoms with Gasteiger partial charge in [-0.05, 0) is 24.3 Å². The molecule has 0 spiro atoms. The van der Waals surface area contributed by atoms with E-state index in [1.165, 1.54) is 0 Å². The van der Waals surface area contributed by atoms with Gasteiger partial charge in [0, 0.05) is 28.7 Å². The van der Waals surface area contributed by atoms with Crippen molar-refractivity contribution in [2.24, 2.45) is 0 Å². The molecule has 1 aromatic carbocycles. The fourth-order valence-electron chi connectivity index (χ4n) is 2.01. The van der Waals surface area contributed by atoms with Crippen molar-refractivity contribution < 1.29 is 4.74 Å². The van der Waals surface area contributed by atoms with Crippen molar-refractivity contribution >= 4 is 16.6 Å². The van der Waals surface area contributed by atoms with Crippen molar-refractivity contribution in [3.05, 3.63) is 42.7 Å². The van der Waals surface area contributed by atoms with Crippen molar-refractivity contribution in [2.45, 2.75) is 0 Å². The quantitative estimate of drug-likeness (QED) is 0.722. The van der Waals surface area contributed by atoms with E-state index in [2.05, 4.69) is 9.97 Å². The van der Waals surface area contributed by atoms with Crippen molar-refractivity contribution in [3.8, 4) is 17.0 Å². The van der Waals surface area contributed by atoms with Gasteiger partial charge in [-0.1, -0.05) is 0 Å². The van der Waals surface area contributed by atoms with E-state index >= 15 is 0 Å². The maximum atomic E-state index is 5.64. The number of hydrogen-bond acceptors (Lipinski definition) is 3. The van der Waals surface area contributed by atoms with Crippen LogP contribution in [-0.4, -0.2) is 17.1 Å². The van der Waals surface area contributed by atoms with Crippen molar-refractivity contribution in [1.29, 1.82) is 0 Å². The number of ether oxygens (including phenoxy) is 1. The van der Waals surface area contributed by atoms with Crippen molar-refractivity contribution in [1.82, 2.24) is 9.97 Å². The molecular weight excluding hydrogens is 226 g/mol. The van der Waals surface area contributed by atoms with Crippen LogP contribution in [0.4, 0.5) is 5.69 Å². The average Bonchev–Trinajstić information content (AvgIpc) is 2.82. The van der Waals surface area contributed by atoms with E-state index in [1.54, 1.807) is 13.3 Å². The molecule has 0 radical (unpaired) electrons. The highest BCUT2D eigenvalue weighted by molar-refractivity contribution is 5.95. The van der Waals surface area contributed by atoms with Gasteiger partial charge in [-0.2, -0.15) is 0 Å². The molecule has 3 aromatic rings. The second-order valence-electron chi connectivity index (χ2n) is 4.09.